The number of nitrogens with two attached hydrogens (primary N) is 1. The van der Waals surface area contributed by atoms with Gasteiger partial charge in [0.05, 0.1) is 13.2 Å². The first-order valence-corrected chi connectivity index (χ1v) is 10.6. The van der Waals surface area contributed by atoms with Crippen LogP contribution in [-0.4, -0.2) is 97.4 Å². The van der Waals surface area contributed by atoms with E-state index in [1.54, 1.807) is 18.9 Å². The van der Waals surface area contributed by atoms with Crippen LogP contribution >= 0.6 is 0 Å². The number of nitrogens with zero attached hydrogens (tertiary/aromatic N) is 5. The highest BCUT2D eigenvalue weighted by Gasteiger charge is 2.59. The summed E-state index contributed by atoms with van der Waals surface area (Å²) in [4.78, 5) is 30.3. The van der Waals surface area contributed by atoms with E-state index in [0.717, 1.165) is 4.57 Å². The fourth-order valence-corrected chi connectivity index (χ4v) is 3.89. The number of H-pyrrole nitrogens is 1. The molecule has 0 bridgehead atoms. The van der Waals surface area contributed by atoms with Crippen molar-refractivity contribution in [3.8, 4) is 0 Å². The number of hydrogen-bond donors (Lipinski definition) is 5. The summed E-state index contributed by atoms with van der Waals surface area (Å²) in [5.74, 6) is -1.38. The molecule has 1 fully saturated rings. The van der Waals surface area contributed by atoms with Crippen molar-refractivity contribution in [1.82, 2.24) is 24.4 Å². The Balaban J connectivity index is 1.85. The van der Waals surface area contributed by atoms with Gasteiger partial charge in [0.2, 0.25) is 11.7 Å². The lowest BCUT2D eigenvalue weighted by Crippen LogP contribution is -2.59. The molecule has 0 aromatic carbocycles. The highest BCUT2D eigenvalue weighted by atomic mass is 16.6. The van der Waals surface area contributed by atoms with Crippen LogP contribution in [0.2, 0.25) is 0 Å². The average Bonchev–Trinajstić information content (AvgIpc) is 3.26. The van der Waals surface area contributed by atoms with Crippen molar-refractivity contribution in [2.75, 3.05) is 39.1 Å². The molecule has 2 aromatic heterocycles. The summed E-state index contributed by atoms with van der Waals surface area (Å²) in [6.07, 6.45) is -1.80. The molecule has 0 unspecified atom stereocenters. The van der Waals surface area contributed by atoms with E-state index in [4.69, 9.17) is 20.0 Å². The van der Waals surface area contributed by atoms with Crippen LogP contribution in [0.3, 0.4) is 0 Å². The zero-order valence-electron chi connectivity index (χ0n) is 18.8. The summed E-state index contributed by atoms with van der Waals surface area (Å²) in [5, 5.41) is 35.0. The standard InChI is InChI=1S/C19H31N7O7/c1-4-31-11(2)24-32-8-6-5-7-25(3)19(15(29)14(28)12(9-27)33-19)26-17-13(23-18(26)30)16(20)21-10-22-17/h10,12,14-15,27-29H,4-9H2,1-3H3,(H,23,30)(H2,20,21,22)/b24-11-/t12-,14-,15-,19+/m1/s1. The number of nitrogens with one attached hydrogen (secondary N) is 1. The van der Waals surface area contributed by atoms with Gasteiger partial charge in [0.15, 0.2) is 11.5 Å². The third kappa shape index (κ3) is 4.65. The van der Waals surface area contributed by atoms with Crippen molar-refractivity contribution >= 4 is 22.9 Å². The number of aromatic nitrogens is 4. The summed E-state index contributed by atoms with van der Waals surface area (Å²) in [7, 11) is 1.63. The van der Waals surface area contributed by atoms with Crippen LogP contribution in [0.25, 0.3) is 11.2 Å². The van der Waals surface area contributed by atoms with Crippen LogP contribution in [0.4, 0.5) is 5.82 Å². The Morgan fingerprint density at radius 3 is 2.85 bits per heavy atom. The first-order chi connectivity index (χ1) is 15.8. The predicted molar refractivity (Wildman–Crippen MR) is 117 cm³/mol. The summed E-state index contributed by atoms with van der Waals surface area (Å²) in [6.45, 7) is 4.14. The number of aliphatic hydroxyl groups is 3. The molecule has 14 nitrogen and oxygen atoms in total. The Morgan fingerprint density at radius 2 is 2.18 bits per heavy atom. The lowest BCUT2D eigenvalue weighted by atomic mass is 10.1. The number of imidazole rings is 1. The van der Waals surface area contributed by atoms with E-state index in [9.17, 15) is 20.1 Å². The zero-order chi connectivity index (χ0) is 24.2. The predicted octanol–water partition coefficient (Wildman–Crippen LogP) is -1.48. The van der Waals surface area contributed by atoms with Crippen molar-refractivity contribution in [2.45, 2.75) is 50.8 Å². The molecule has 0 amide bonds. The number of oxime groups is 1. The van der Waals surface area contributed by atoms with Gasteiger partial charge in [0, 0.05) is 13.5 Å². The topological polar surface area (TPSA) is 194 Å². The molecule has 3 heterocycles. The molecule has 1 aliphatic heterocycles. The minimum Gasteiger partial charge on any atom is -0.479 e. The maximum absolute atomic E-state index is 12.9. The molecular formula is C19H31N7O7. The highest BCUT2D eigenvalue weighted by molar-refractivity contribution is 5.81. The quantitative estimate of drug-likeness (QED) is 0.118. The molecule has 33 heavy (non-hydrogen) atoms. The van der Waals surface area contributed by atoms with Crippen LogP contribution in [0.15, 0.2) is 16.3 Å². The second-order valence-electron chi connectivity index (χ2n) is 7.66. The number of anilines is 1. The number of rotatable bonds is 10. The molecule has 14 heteroatoms. The molecule has 0 saturated carbocycles. The monoisotopic (exact) mass is 469 g/mol. The van der Waals surface area contributed by atoms with E-state index in [0.29, 0.717) is 38.5 Å². The van der Waals surface area contributed by atoms with Gasteiger partial charge < -0.3 is 40.3 Å². The van der Waals surface area contributed by atoms with Crippen LogP contribution in [0, 0.1) is 0 Å². The smallest absolute Gasteiger partial charge is 0.331 e. The van der Waals surface area contributed by atoms with Gasteiger partial charge in [0.1, 0.15) is 36.8 Å². The summed E-state index contributed by atoms with van der Waals surface area (Å²) in [5.41, 5.74) is 5.46. The van der Waals surface area contributed by atoms with Crippen molar-refractivity contribution in [3.63, 3.8) is 0 Å². The minimum absolute atomic E-state index is 0.0421. The molecular weight excluding hydrogens is 438 g/mol. The molecule has 184 valence electrons. The van der Waals surface area contributed by atoms with Crippen molar-refractivity contribution in [2.24, 2.45) is 5.16 Å². The SMILES string of the molecule is CCO/C(C)=N\OCCCCN(C)[C@@]1(n2c(=O)[nH]c3c(N)ncnc32)O[C@H](CO)[C@@H](O)[C@H]1O. The van der Waals surface area contributed by atoms with Crippen LogP contribution < -0.4 is 11.4 Å². The molecule has 1 aliphatic rings. The number of ether oxygens (including phenoxy) is 2. The number of hydrogen-bond acceptors (Lipinski definition) is 12. The van der Waals surface area contributed by atoms with Gasteiger partial charge >= 0.3 is 5.69 Å². The van der Waals surface area contributed by atoms with Gasteiger partial charge in [-0.15, -0.1) is 0 Å². The first-order valence-electron chi connectivity index (χ1n) is 10.6. The lowest BCUT2D eigenvalue weighted by molar-refractivity contribution is -0.236. The molecule has 4 atom stereocenters. The summed E-state index contributed by atoms with van der Waals surface area (Å²) >= 11 is 0. The Labute approximate surface area is 189 Å². The highest BCUT2D eigenvalue weighted by Crippen LogP contribution is 2.39. The zero-order valence-corrected chi connectivity index (χ0v) is 18.8. The maximum atomic E-state index is 12.9. The minimum atomic E-state index is -1.85. The molecule has 1 saturated heterocycles. The fourth-order valence-electron chi connectivity index (χ4n) is 3.89. The third-order valence-corrected chi connectivity index (χ3v) is 5.49. The van der Waals surface area contributed by atoms with E-state index in [1.165, 1.54) is 6.33 Å². The molecule has 0 aliphatic carbocycles. The summed E-state index contributed by atoms with van der Waals surface area (Å²) < 4.78 is 12.2. The van der Waals surface area contributed by atoms with Gasteiger partial charge in [-0.1, -0.05) is 5.16 Å². The van der Waals surface area contributed by atoms with Gasteiger partial charge in [-0.05, 0) is 26.8 Å². The Hall–Kier alpha value is -2.78. The van der Waals surface area contributed by atoms with Crippen molar-refractivity contribution in [1.29, 1.82) is 0 Å². The molecule has 0 radical (unpaired) electrons. The van der Waals surface area contributed by atoms with E-state index < -0.39 is 36.5 Å². The van der Waals surface area contributed by atoms with E-state index in [2.05, 4.69) is 20.1 Å². The second kappa shape index (κ2) is 10.4. The maximum Gasteiger partial charge on any atom is 0.331 e. The number of unbranched alkanes of at least 4 members (excludes halogenated alkanes) is 1. The van der Waals surface area contributed by atoms with Gasteiger partial charge in [-0.25, -0.2) is 19.3 Å². The number of nitrogen functional groups attached to an aromatic ring is 1. The molecule has 6 N–H and O–H groups in total. The third-order valence-electron chi connectivity index (χ3n) is 5.49. The summed E-state index contributed by atoms with van der Waals surface area (Å²) in [6, 6.07) is 0. The Kier molecular flexibility index (Phi) is 7.86. The van der Waals surface area contributed by atoms with Gasteiger partial charge in [0.25, 0.3) is 0 Å². The normalized spacial score (nSPS) is 25.8. The van der Waals surface area contributed by atoms with Crippen LogP contribution in [0.1, 0.15) is 26.7 Å². The van der Waals surface area contributed by atoms with E-state index >= 15 is 0 Å². The number of aromatic amines is 1. The Bertz CT molecular complexity index is 1030. The fraction of sp³-hybridized carbons (Fsp3) is 0.684. The van der Waals surface area contributed by atoms with Gasteiger partial charge in [-0.3, -0.25) is 4.90 Å². The average molecular weight is 469 g/mol. The van der Waals surface area contributed by atoms with Crippen molar-refractivity contribution < 1.29 is 29.6 Å². The largest absolute Gasteiger partial charge is 0.479 e. The van der Waals surface area contributed by atoms with E-state index in [1.807, 2.05) is 6.92 Å². The number of likely N-dealkylation sites (N-methyl/N-ethyl adjacent to an activating group) is 1. The van der Waals surface area contributed by atoms with Crippen LogP contribution in [-0.2, 0) is 20.2 Å². The second-order valence-corrected chi connectivity index (χ2v) is 7.66. The Morgan fingerprint density at radius 1 is 1.42 bits per heavy atom. The molecule has 2 aromatic rings. The lowest BCUT2D eigenvalue weighted by Gasteiger charge is -2.40. The van der Waals surface area contributed by atoms with Crippen LogP contribution in [0.5, 0.6) is 0 Å². The van der Waals surface area contributed by atoms with E-state index in [-0.39, 0.29) is 17.0 Å². The van der Waals surface area contributed by atoms with Gasteiger partial charge in [-0.2, -0.15) is 0 Å². The van der Waals surface area contributed by atoms with Crippen molar-refractivity contribution in [3.05, 3.63) is 16.8 Å². The number of fused-ring (bicyclic) bond motifs is 1. The molecule has 0 spiro atoms. The molecule has 3 rings (SSSR count). The number of aliphatic hydroxyl groups excluding tert-OH is 3. The first kappa shape index (κ1) is 24.9.